The van der Waals surface area contributed by atoms with Gasteiger partial charge in [-0.05, 0) is 59.2 Å². The van der Waals surface area contributed by atoms with Gasteiger partial charge in [0.25, 0.3) is 0 Å². The second-order valence-electron chi connectivity index (χ2n) is 6.31. The van der Waals surface area contributed by atoms with Gasteiger partial charge in [0.1, 0.15) is 0 Å². The smallest absolute Gasteiger partial charge is 0.0465 e. The van der Waals surface area contributed by atoms with Crippen LogP contribution in [-0.4, -0.2) is 23.4 Å². The summed E-state index contributed by atoms with van der Waals surface area (Å²) in [5, 5.41) is 18.9. The summed E-state index contributed by atoms with van der Waals surface area (Å²) in [6, 6.07) is 0. The fourth-order valence-corrected chi connectivity index (χ4v) is 6.78. The molecule has 0 radical (unpaired) electrons. The lowest BCUT2D eigenvalue weighted by atomic mass is 9.09. The van der Waals surface area contributed by atoms with Crippen molar-refractivity contribution in [3.8, 4) is 0 Å². The van der Waals surface area contributed by atoms with Crippen LogP contribution >= 0.6 is 0 Å². The zero-order chi connectivity index (χ0) is 9.19. The van der Waals surface area contributed by atoms with Crippen LogP contribution in [0, 0.1) is 59.2 Å². The van der Waals surface area contributed by atoms with E-state index in [4.69, 9.17) is 0 Å². The molecule has 6 aliphatic carbocycles. The summed E-state index contributed by atoms with van der Waals surface area (Å²) in [7, 11) is 0. The highest BCUT2D eigenvalue weighted by Crippen LogP contribution is 2.93. The van der Waals surface area contributed by atoms with Crippen LogP contribution in [0.4, 0.5) is 0 Å². The molecule has 0 saturated heterocycles. The Morgan fingerprint density at radius 3 is 1.07 bits per heavy atom. The van der Waals surface area contributed by atoms with Gasteiger partial charge in [-0.15, -0.1) is 0 Å². The molecule has 14 heavy (non-hydrogen) atoms. The fourth-order valence-electron chi connectivity index (χ4n) is 6.78. The molecule has 10 atom stereocenters. The molecule has 0 heterocycles. The SMILES string of the molecule is OC[C@@H]1C2[C@H]3C4C5[C@@H]3C([C@H]5[C@H]42)[C@@H]1CO. The highest BCUT2D eigenvalue weighted by Gasteiger charge is 2.90. The van der Waals surface area contributed by atoms with Gasteiger partial charge in [0.15, 0.2) is 0 Å². The maximum atomic E-state index is 9.45. The van der Waals surface area contributed by atoms with E-state index in [1.165, 1.54) is 0 Å². The zero-order valence-electron chi connectivity index (χ0n) is 8.08. The number of hydrogen-bond acceptors (Lipinski definition) is 2. The van der Waals surface area contributed by atoms with Crippen LogP contribution in [0.15, 0.2) is 0 Å². The molecule has 0 aromatic carbocycles. The van der Waals surface area contributed by atoms with Crippen molar-refractivity contribution in [2.75, 3.05) is 13.2 Å². The second kappa shape index (κ2) is 1.80. The number of aliphatic hydroxyl groups is 2. The average molecular weight is 192 g/mol. The Hall–Kier alpha value is -0.0800. The Morgan fingerprint density at radius 1 is 0.500 bits per heavy atom. The monoisotopic (exact) mass is 192 g/mol. The van der Waals surface area contributed by atoms with Crippen LogP contribution in [0.3, 0.4) is 0 Å². The first-order valence-electron chi connectivity index (χ1n) is 6.12. The molecule has 6 fully saturated rings. The van der Waals surface area contributed by atoms with E-state index < -0.39 is 0 Å². The predicted molar refractivity (Wildman–Crippen MR) is 49.1 cm³/mol. The largest absolute Gasteiger partial charge is 0.396 e. The Labute approximate surface area is 83.3 Å². The van der Waals surface area contributed by atoms with Crippen LogP contribution in [0.2, 0.25) is 0 Å². The van der Waals surface area contributed by atoms with Crippen molar-refractivity contribution in [1.82, 2.24) is 0 Å². The standard InChI is InChI=1S/C12H16O2/c13-1-3-4(2-14)6-9-7-5(3)8-10(6)12(9)11(7)8/h3-14H,1-2H2/t3-,4+,5?,6?,7-,8+,9-,10-,11?,12?/m1/s1. The third-order valence-electron chi connectivity index (χ3n) is 6.85. The van der Waals surface area contributed by atoms with Crippen LogP contribution in [0.25, 0.3) is 0 Å². The molecule has 0 spiro atoms. The minimum absolute atomic E-state index is 0.330. The number of fused-ring (bicyclic) bond motifs is 1. The first-order chi connectivity index (χ1) is 6.90. The lowest BCUT2D eigenvalue weighted by Crippen LogP contribution is -2.92. The highest BCUT2D eigenvalue weighted by atomic mass is 16.3. The van der Waals surface area contributed by atoms with Crippen molar-refractivity contribution in [3.05, 3.63) is 0 Å². The van der Waals surface area contributed by atoms with Crippen molar-refractivity contribution in [2.24, 2.45) is 59.2 Å². The van der Waals surface area contributed by atoms with Crippen molar-refractivity contribution < 1.29 is 10.2 Å². The summed E-state index contributed by atoms with van der Waals surface area (Å²) < 4.78 is 0. The molecule has 6 saturated carbocycles. The van der Waals surface area contributed by atoms with E-state index in [2.05, 4.69) is 0 Å². The molecule has 6 rings (SSSR count). The van der Waals surface area contributed by atoms with Gasteiger partial charge in [-0.2, -0.15) is 0 Å². The lowest BCUT2D eigenvalue weighted by molar-refractivity contribution is -0.488. The lowest BCUT2D eigenvalue weighted by Gasteiger charge is -2.95. The molecular weight excluding hydrogens is 176 g/mol. The molecule has 0 amide bonds. The van der Waals surface area contributed by atoms with Gasteiger partial charge in [0.2, 0.25) is 0 Å². The van der Waals surface area contributed by atoms with Gasteiger partial charge >= 0.3 is 0 Å². The minimum Gasteiger partial charge on any atom is -0.396 e. The molecular formula is C12H16O2. The maximum absolute atomic E-state index is 9.45. The summed E-state index contributed by atoms with van der Waals surface area (Å²) in [4.78, 5) is 0. The summed E-state index contributed by atoms with van der Waals surface area (Å²) >= 11 is 0. The molecule has 0 aliphatic heterocycles. The average Bonchev–Trinajstić information content (AvgIpc) is 2.17. The maximum Gasteiger partial charge on any atom is 0.0465 e. The van der Waals surface area contributed by atoms with Crippen LogP contribution < -0.4 is 0 Å². The van der Waals surface area contributed by atoms with Gasteiger partial charge in [-0.25, -0.2) is 0 Å². The molecule has 2 N–H and O–H groups in total. The van der Waals surface area contributed by atoms with Crippen LogP contribution in [0.5, 0.6) is 0 Å². The van der Waals surface area contributed by atoms with E-state index in [9.17, 15) is 10.2 Å². The van der Waals surface area contributed by atoms with Gasteiger partial charge < -0.3 is 10.2 Å². The first-order valence-corrected chi connectivity index (χ1v) is 6.12. The van der Waals surface area contributed by atoms with E-state index in [0.717, 1.165) is 47.3 Å². The molecule has 6 aliphatic rings. The number of rotatable bonds is 2. The second-order valence-corrected chi connectivity index (χ2v) is 6.31. The van der Waals surface area contributed by atoms with Gasteiger partial charge in [0, 0.05) is 13.2 Å². The summed E-state index contributed by atoms with van der Waals surface area (Å²) in [6.45, 7) is 0.659. The number of hydrogen-bond donors (Lipinski definition) is 2. The summed E-state index contributed by atoms with van der Waals surface area (Å²) in [5.41, 5.74) is 0. The normalized spacial score (nSPS) is 79.3. The Kier molecular flexibility index (Phi) is 0.931. The Balaban J connectivity index is 1.60. The van der Waals surface area contributed by atoms with E-state index >= 15 is 0 Å². The van der Waals surface area contributed by atoms with E-state index in [0.29, 0.717) is 25.0 Å². The molecule has 0 aromatic heterocycles. The fraction of sp³-hybridized carbons (Fsp3) is 1.00. The van der Waals surface area contributed by atoms with Crippen molar-refractivity contribution in [3.63, 3.8) is 0 Å². The van der Waals surface area contributed by atoms with E-state index in [1.807, 2.05) is 0 Å². The van der Waals surface area contributed by atoms with Gasteiger partial charge in [0.05, 0.1) is 0 Å². The van der Waals surface area contributed by atoms with Gasteiger partial charge in [-0.3, -0.25) is 0 Å². The molecule has 2 heteroatoms. The molecule has 4 unspecified atom stereocenters. The van der Waals surface area contributed by atoms with Crippen molar-refractivity contribution in [1.29, 1.82) is 0 Å². The van der Waals surface area contributed by atoms with Crippen LogP contribution in [-0.2, 0) is 0 Å². The minimum atomic E-state index is 0.330. The van der Waals surface area contributed by atoms with Gasteiger partial charge in [-0.1, -0.05) is 0 Å². The Morgan fingerprint density at radius 2 is 0.786 bits per heavy atom. The highest BCUT2D eigenvalue weighted by molar-refractivity contribution is 5.36. The predicted octanol–water partition coefficient (Wildman–Crippen LogP) is 0.201. The molecule has 2 bridgehead atoms. The van der Waals surface area contributed by atoms with E-state index in [1.54, 1.807) is 0 Å². The van der Waals surface area contributed by atoms with Crippen molar-refractivity contribution >= 4 is 0 Å². The quantitative estimate of drug-likeness (QED) is 0.656. The van der Waals surface area contributed by atoms with Crippen molar-refractivity contribution in [2.45, 2.75) is 0 Å². The summed E-state index contributed by atoms with van der Waals surface area (Å²) in [6.07, 6.45) is 0. The Bertz CT molecular complexity index is 272. The topological polar surface area (TPSA) is 40.5 Å². The zero-order valence-corrected chi connectivity index (χ0v) is 8.08. The third kappa shape index (κ3) is 0.396. The molecule has 0 aromatic rings. The first kappa shape index (κ1) is 7.24. The van der Waals surface area contributed by atoms with Crippen LogP contribution in [0.1, 0.15) is 0 Å². The third-order valence-corrected chi connectivity index (χ3v) is 6.85. The van der Waals surface area contributed by atoms with E-state index in [-0.39, 0.29) is 0 Å². The number of aliphatic hydroxyl groups excluding tert-OH is 2. The summed E-state index contributed by atoms with van der Waals surface area (Å²) in [5.74, 6) is 8.77. The molecule has 2 nitrogen and oxygen atoms in total. The molecule has 76 valence electrons.